The van der Waals surface area contributed by atoms with Crippen LogP contribution in [0.5, 0.6) is 0 Å². The summed E-state index contributed by atoms with van der Waals surface area (Å²) in [4.78, 5) is 0. The predicted octanol–water partition coefficient (Wildman–Crippen LogP) is 1.14. The van der Waals surface area contributed by atoms with E-state index >= 15 is 0 Å². The molecule has 1 saturated heterocycles. The van der Waals surface area contributed by atoms with E-state index in [4.69, 9.17) is 20.2 Å². The van der Waals surface area contributed by atoms with Crippen molar-refractivity contribution in [3.63, 3.8) is 0 Å². The van der Waals surface area contributed by atoms with E-state index < -0.39 is 14.7 Å². The van der Waals surface area contributed by atoms with E-state index in [0.717, 1.165) is 0 Å². The smallest absolute Gasteiger partial charge is 0.235 e. The average molecular weight is 243 g/mol. The predicted molar refractivity (Wildman–Crippen MR) is 54.0 cm³/mol. The standard InChI is InChI=1S/C8H15ClO4S/c1-2-13-8(7-14(9,10)11)3-5-12-6-4-8/h2-7H2,1H3. The van der Waals surface area contributed by atoms with Crippen LogP contribution in [-0.2, 0) is 18.5 Å². The highest BCUT2D eigenvalue weighted by atomic mass is 35.7. The molecular formula is C8H15ClO4S. The van der Waals surface area contributed by atoms with Crippen molar-refractivity contribution in [2.24, 2.45) is 0 Å². The number of ether oxygens (including phenoxy) is 2. The Morgan fingerprint density at radius 1 is 1.43 bits per heavy atom. The fraction of sp³-hybridized carbons (Fsp3) is 1.00. The van der Waals surface area contributed by atoms with Gasteiger partial charge in [0.1, 0.15) is 0 Å². The van der Waals surface area contributed by atoms with Gasteiger partial charge >= 0.3 is 0 Å². The van der Waals surface area contributed by atoms with E-state index in [9.17, 15) is 8.42 Å². The van der Waals surface area contributed by atoms with Crippen molar-refractivity contribution in [2.45, 2.75) is 25.4 Å². The molecule has 0 aromatic carbocycles. The van der Waals surface area contributed by atoms with Gasteiger partial charge in [0.2, 0.25) is 9.05 Å². The lowest BCUT2D eigenvalue weighted by molar-refractivity contribution is -0.0924. The van der Waals surface area contributed by atoms with Gasteiger partial charge in [-0.05, 0) is 6.92 Å². The molecule has 1 rings (SSSR count). The van der Waals surface area contributed by atoms with Gasteiger partial charge in [-0.25, -0.2) is 8.42 Å². The Morgan fingerprint density at radius 3 is 2.43 bits per heavy atom. The van der Waals surface area contributed by atoms with Crippen molar-refractivity contribution in [2.75, 3.05) is 25.6 Å². The van der Waals surface area contributed by atoms with E-state index in [-0.39, 0.29) is 5.75 Å². The second kappa shape index (κ2) is 4.79. The first-order valence-electron chi connectivity index (χ1n) is 4.61. The Balaban J connectivity index is 2.70. The normalized spacial score (nSPS) is 22.1. The fourth-order valence-electron chi connectivity index (χ4n) is 1.69. The Morgan fingerprint density at radius 2 is 2.00 bits per heavy atom. The lowest BCUT2D eigenvalue weighted by Gasteiger charge is -2.35. The minimum Gasteiger partial charge on any atom is -0.381 e. The van der Waals surface area contributed by atoms with Crippen LogP contribution in [0, 0.1) is 0 Å². The van der Waals surface area contributed by atoms with Crippen molar-refractivity contribution in [3.8, 4) is 0 Å². The summed E-state index contributed by atoms with van der Waals surface area (Å²) < 4.78 is 32.7. The molecule has 0 bridgehead atoms. The molecule has 1 fully saturated rings. The molecule has 0 saturated carbocycles. The molecule has 0 unspecified atom stereocenters. The van der Waals surface area contributed by atoms with Gasteiger partial charge in [0, 0.05) is 43.3 Å². The molecule has 0 aliphatic carbocycles. The second-order valence-corrected chi connectivity index (χ2v) is 6.19. The van der Waals surface area contributed by atoms with Gasteiger partial charge in [-0.1, -0.05) is 0 Å². The number of hydrogen-bond acceptors (Lipinski definition) is 4. The molecule has 0 aromatic rings. The minimum atomic E-state index is -3.51. The lowest BCUT2D eigenvalue weighted by atomic mass is 9.96. The first-order valence-corrected chi connectivity index (χ1v) is 7.09. The van der Waals surface area contributed by atoms with E-state index in [1.165, 1.54) is 0 Å². The van der Waals surface area contributed by atoms with Crippen LogP contribution in [0.3, 0.4) is 0 Å². The fourth-order valence-corrected chi connectivity index (χ4v) is 3.29. The Labute approximate surface area is 88.9 Å². The summed E-state index contributed by atoms with van der Waals surface area (Å²) >= 11 is 0. The number of rotatable bonds is 4. The van der Waals surface area contributed by atoms with Gasteiger partial charge in [0.05, 0.1) is 11.4 Å². The molecule has 84 valence electrons. The monoisotopic (exact) mass is 242 g/mol. The van der Waals surface area contributed by atoms with Gasteiger partial charge in [-0.2, -0.15) is 0 Å². The molecule has 0 spiro atoms. The summed E-state index contributed by atoms with van der Waals surface area (Å²) in [5, 5.41) is 0. The molecule has 0 radical (unpaired) electrons. The van der Waals surface area contributed by atoms with Gasteiger partial charge in [-0.3, -0.25) is 0 Å². The molecule has 14 heavy (non-hydrogen) atoms. The first-order chi connectivity index (χ1) is 6.47. The van der Waals surface area contributed by atoms with Crippen LogP contribution < -0.4 is 0 Å². The van der Waals surface area contributed by atoms with E-state index in [2.05, 4.69) is 0 Å². The van der Waals surface area contributed by atoms with Crippen molar-refractivity contribution in [1.29, 1.82) is 0 Å². The summed E-state index contributed by atoms with van der Waals surface area (Å²) in [6.07, 6.45) is 1.18. The van der Waals surface area contributed by atoms with Crippen molar-refractivity contribution in [3.05, 3.63) is 0 Å². The largest absolute Gasteiger partial charge is 0.381 e. The molecule has 6 heteroatoms. The van der Waals surface area contributed by atoms with Gasteiger partial charge < -0.3 is 9.47 Å². The maximum atomic E-state index is 11.0. The average Bonchev–Trinajstić information content (AvgIpc) is 2.02. The number of halogens is 1. The molecule has 1 heterocycles. The van der Waals surface area contributed by atoms with Crippen LogP contribution >= 0.6 is 10.7 Å². The van der Waals surface area contributed by atoms with Crippen LogP contribution in [0.1, 0.15) is 19.8 Å². The Hall–Kier alpha value is 0.160. The zero-order valence-electron chi connectivity index (χ0n) is 8.16. The van der Waals surface area contributed by atoms with Crippen molar-refractivity contribution in [1.82, 2.24) is 0 Å². The zero-order chi connectivity index (χ0) is 10.7. The first kappa shape index (κ1) is 12.2. The molecule has 1 aliphatic rings. The van der Waals surface area contributed by atoms with Crippen LogP contribution in [0.15, 0.2) is 0 Å². The maximum Gasteiger partial charge on any atom is 0.235 e. The molecule has 0 aromatic heterocycles. The summed E-state index contributed by atoms with van der Waals surface area (Å²) in [7, 11) is 1.73. The molecule has 4 nitrogen and oxygen atoms in total. The van der Waals surface area contributed by atoms with E-state index in [1.54, 1.807) is 0 Å². The van der Waals surface area contributed by atoms with Gasteiger partial charge in [0.25, 0.3) is 0 Å². The third kappa shape index (κ3) is 3.73. The summed E-state index contributed by atoms with van der Waals surface area (Å²) in [5.74, 6) is -0.126. The summed E-state index contributed by atoms with van der Waals surface area (Å²) in [6, 6.07) is 0. The molecule has 0 amide bonds. The third-order valence-corrected chi connectivity index (χ3v) is 3.49. The second-order valence-electron chi connectivity index (χ2n) is 3.41. The highest BCUT2D eigenvalue weighted by Gasteiger charge is 2.37. The molecular weight excluding hydrogens is 228 g/mol. The topological polar surface area (TPSA) is 52.6 Å². The lowest BCUT2D eigenvalue weighted by Crippen LogP contribution is -2.44. The Bertz CT molecular complexity index is 264. The van der Waals surface area contributed by atoms with Crippen LogP contribution in [0.2, 0.25) is 0 Å². The third-order valence-electron chi connectivity index (χ3n) is 2.29. The minimum absolute atomic E-state index is 0.126. The van der Waals surface area contributed by atoms with Crippen LogP contribution in [0.25, 0.3) is 0 Å². The van der Waals surface area contributed by atoms with Crippen LogP contribution in [-0.4, -0.2) is 39.6 Å². The summed E-state index contributed by atoms with van der Waals surface area (Å²) in [6.45, 7) is 3.41. The van der Waals surface area contributed by atoms with Crippen molar-refractivity contribution < 1.29 is 17.9 Å². The number of hydrogen-bond donors (Lipinski definition) is 0. The van der Waals surface area contributed by atoms with Gasteiger partial charge in [-0.15, -0.1) is 0 Å². The summed E-state index contributed by atoms with van der Waals surface area (Å²) in [5.41, 5.74) is -0.631. The molecule has 1 aliphatic heterocycles. The zero-order valence-corrected chi connectivity index (χ0v) is 9.73. The highest BCUT2D eigenvalue weighted by Crippen LogP contribution is 2.27. The molecule has 0 atom stereocenters. The van der Waals surface area contributed by atoms with Crippen LogP contribution in [0.4, 0.5) is 0 Å². The Kier molecular flexibility index (Phi) is 4.18. The quantitative estimate of drug-likeness (QED) is 0.694. The molecule has 0 N–H and O–H groups in total. The highest BCUT2D eigenvalue weighted by molar-refractivity contribution is 8.13. The SMILES string of the molecule is CCOC1(CS(=O)(=O)Cl)CCOCC1. The van der Waals surface area contributed by atoms with E-state index in [1.807, 2.05) is 6.92 Å². The van der Waals surface area contributed by atoms with Crippen molar-refractivity contribution >= 4 is 19.7 Å². The maximum absolute atomic E-state index is 11.0. The van der Waals surface area contributed by atoms with Gasteiger partial charge in [0.15, 0.2) is 0 Å². The van der Waals surface area contributed by atoms with E-state index in [0.29, 0.717) is 32.7 Å².